The minimum absolute atomic E-state index is 0.119. The molecule has 1 aromatic rings. The van der Waals surface area contributed by atoms with Gasteiger partial charge in [0.25, 0.3) is 5.91 Å². The van der Waals surface area contributed by atoms with Crippen LogP contribution in [-0.4, -0.2) is 29.3 Å². The number of nitrogens with one attached hydrogen (secondary N) is 1. The maximum absolute atomic E-state index is 12.8. The van der Waals surface area contributed by atoms with Crippen LogP contribution in [0, 0.1) is 12.3 Å². The first-order valence-electron chi connectivity index (χ1n) is 7.28. The molecule has 21 heavy (non-hydrogen) atoms. The van der Waals surface area contributed by atoms with E-state index in [0.717, 1.165) is 18.4 Å². The number of nitrogens with zero attached hydrogens (tertiary/aromatic N) is 1. The molecule has 0 aliphatic carbocycles. The Morgan fingerprint density at radius 2 is 2.10 bits per heavy atom. The zero-order chi connectivity index (χ0) is 15.2. The summed E-state index contributed by atoms with van der Waals surface area (Å²) < 4.78 is 0. The van der Waals surface area contributed by atoms with E-state index in [1.807, 2.05) is 37.3 Å². The van der Waals surface area contributed by atoms with Crippen LogP contribution in [0.5, 0.6) is 0 Å². The number of benzene rings is 1. The minimum atomic E-state index is -0.645. The van der Waals surface area contributed by atoms with E-state index >= 15 is 0 Å². The zero-order valence-electron chi connectivity index (χ0n) is 12.2. The quantitative estimate of drug-likeness (QED) is 0.858. The van der Waals surface area contributed by atoms with Gasteiger partial charge in [-0.3, -0.25) is 9.59 Å². The van der Waals surface area contributed by atoms with E-state index in [1.165, 1.54) is 0 Å². The second-order valence-corrected chi connectivity index (χ2v) is 5.16. The van der Waals surface area contributed by atoms with Crippen molar-refractivity contribution in [3.05, 3.63) is 35.9 Å². The molecule has 1 aromatic carbocycles. The fourth-order valence-electron chi connectivity index (χ4n) is 2.58. The molecule has 1 aliphatic heterocycles. The Balaban J connectivity index is 2.30. The summed E-state index contributed by atoms with van der Waals surface area (Å²) in [6, 6.07) is 8.39. The van der Waals surface area contributed by atoms with E-state index in [0.29, 0.717) is 6.54 Å². The Bertz CT molecular complexity index is 548. The van der Waals surface area contributed by atoms with Crippen molar-refractivity contribution in [1.29, 1.82) is 0 Å². The molecule has 2 amide bonds. The maximum atomic E-state index is 12.8. The molecule has 0 bridgehead atoms. The van der Waals surface area contributed by atoms with E-state index in [4.69, 9.17) is 6.42 Å². The van der Waals surface area contributed by atoms with E-state index in [2.05, 4.69) is 11.2 Å². The molecule has 1 aliphatic rings. The first-order valence-corrected chi connectivity index (χ1v) is 7.28. The molecule has 0 radical (unpaired) electrons. The third-order valence-electron chi connectivity index (χ3n) is 3.68. The molecule has 1 fully saturated rings. The number of terminal acetylenes is 1. The molecule has 4 heteroatoms. The SMILES string of the molecule is C#CC(CCC)N1CCC(=O)NC(c2ccccc2)C1=O. The highest BCUT2D eigenvalue weighted by Gasteiger charge is 2.33. The summed E-state index contributed by atoms with van der Waals surface area (Å²) in [5.74, 6) is 2.44. The average molecular weight is 284 g/mol. The number of hydrogen-bond acceptors (Lipinski definition) is 2. The van der Waals surface area contributed by atoms with Gasteiger partial charge in [0, 0.05) is 13.0 Å². The van der Waals surface area contributed by atoms with Gasteiger partial charge >= 0.3 is 0 Å². The van der Waals surface area contributed by atoms with Gasteiger partial charge in [-0.05, 0) is 12.0 Å². The largest absolute Gasteiger partial charge is 0.340 e. The van der Waals surface area contributed by atoms with Crippen LogP contribution < -0.4 is 5.32 Å². The van der Waals surface area contributed by atoms with E-state index in [-0.39, 0.29) is 24.3 Å². The van der Waals surface area contributed by atoms with Crippen LogP contribution >= 0.6 is 0 Å². The molecule has 1 N–H and O–H groups in total. The molecule has 110 valence electrons. The Morgan fingerprint density at radius 1 is 1.38 bits per heavy atom. The molecule has 0 saturated carbocycles. The molecule has 0 aromatic heterocycles. The summed E-state index contributed by atoms with van der Waals surface area (Å²) in [4.78, 5) is 26.3. The van der Waals surface area contributed by atoms with Gasteiger partial charge in [-0.2, -0.15) is 0 Å². The molecular weight excluding hydrogens is 264 g/mol. The van der Waals surface area contributed by atoms with Crippen molar-refractivity contribution in [1.82, 2.24) is 10.2 Å². The summed E-state index contributed by atoms with van der Waals surface area (Å²) in [7, 11) is 0. The standard InChI is InChI=1S/C17H20N2O2/c1-3-8-14(4-2)19-12-11-15(20)18-16(17(19)21)13-9-6-5-7-10-13/h2,5-7,9-10,14,16H,3,8,11-12H2,1H3,(H,18,20). The molecule has 2 unspecified atom stereocenters. The van der Waals surface area contributed by atoms with Crippen molar-refractivity contribution >= 4 is 11.8 Å². The summed E-state index contributed by atoms with van der Waals surface area (Å²) in [6.07, 6.45) is 7.51. The lowest BCUT2D eigenvalue weighted by Gasteiger charge is -2.29. The van der Waals surface area contributed by atoms with E-state index < -0.39 is 6.04 Å². The topological polar surface area (TPSA) is 49.4 Å². The van der Waals surface area contributed by atoms with Gasteiger partial charge in [0.05, 0.1) is 6.04 Å². The fourth-order valence-corrected chi connectivity index (χ4v) is 2.58. The lowest BCUT2D eigenvalue weighted by Crippen LogP contribution is -2.43. The van der Waals surface area contributed by atoms with Crippen molar-refractivity contribution in [3.63, 3.8) is 0 Å². The number of amides is 2. The summed E-state index contributed by atoms with van der Waals surface area (Å²) in [5.41, 5.74) is 0.787. The molecule has 1 heterocycles. The monoisotopic (exact) mass is 284 g/mol. The third-order valence-corrected chi connectivity index (χ3v) is 3.68. The first-order chi connectivity index (χ1) is 10.2. The van der Waals surface area contributed by atoms with Crippen LogP contribution in [-0.2, 0) is 9.59 Å². The van der Waals surface area contributed by atoms with Crippen molar-refractivity contribution in [3.8, 4) is 12.3 Å². The Hall–Kier alpha value is -2.28. The molecule has 2 atom stereocenters. The minimum Gasteiger partial charge on any atom is -0.340 e. The van der Waals surface area contributed by atoms with Crippen molar-refractivity contribution < 1.29 is 9.59 Å². The smallest absolute Gasteiger partial charge is 0.250 e. The summed E-state index contributed by atoms with van der Waals surface area (Å²) >= 11 is 0. The average Bonchev–Trinajstić information content (AvgIpc) is 2.65. The van der Waals surface area contributed by atoms with Gasteiger partial charge in [0.15, 0.2) is 0 Å². The van der Waals surface area contributed by atoms with Gasteiger partial charge in [-0.1, -0.05) is 49.6 Å². The predicted octanol–water partition coefficient (Wildman–Crippen LogP) is 1.88. The van der Waals surface area contributed by atoms with Crippen LogP contribution in [0.2, 0.25) is 0 Å². The number of carbonyl (C=O) groups excluding carboxylic acids is 2. The van der Waals surface area contributed by atoms with Crippen molar-refractivity contribution in [2.75, 3.05) is 6.54 Å². The Kier molecular flexibility index (Phi) is 4.99. The Morgan fingerprint density at radius 3 is 2.71 bits per heavy atom. The van der Waals surface area contributed by atoms with Gasteiger partial charge in [-0.15, -0.1) is 6.42 Å². The van der Waals surface area contributed by atoms with Crippen LogP contribution in [0.15, 0.2) is 30.3 Å². The maximum Gasteiger partial charge on any atom is 0.250 e. The molecule has 2 rings (SSSR count). The molecule has 1 saturated heterocycles. The van der Waals surface area contributed by atoms with E-state index in [9.17, 15) is 9.59 Å². The highest BCUT2D eigenvalue weighted by Crippen LogP contribution is 2.21. The van der Waals surface area contributed by atoms with Gasteiger partial charge in [-0.25, -0.2) is 0 Å². The van der Waals surface area contributed by atoms with E-state index in [1.54, 1.807) is 4.90 Å². The second kappa shape index (κ2) is 6.94. The second-order valence-electron chi connectivity index (χ2n) is 5.16. The highest BCUT2D eigenvalue weighted by molar-refractivity contribution is 5.91. The van der Waals surface area contributed by atoms with Crippen molar-refractivity contribution in [2.45, 2.75) is 38.3 Å². The Labute approximate surface area is 125 Å². The van der Waals surface area contributed by atoms with Crippen molar-refractivity contribution in [2.24, 2.45) is 0 Å². The summed E-state index contributed by atoms with van der Waals surface area (Å²) in [6.45, 7) is 2.41. The first kappa shape index (κ1) is 15.1. The van der Waals surface area contributed by atoms with Gasteiger partial charge < -0.3 is 10.2 Å². The fraction of sp³-hybridized carbons (Fsp3) is 0.412. The van der Waals surface area contributed by atoms with Gasteiger partial charge in [0.2, 0.25) is 5.91 Å². The lowest BCUT2D eigenvalue weighted by molar-refractivity contribution is -0.134. The summed E-state index contributed by atoms with van der Waals surface area (Å²) in [5, 5.41) is 2.80. The number of rotatable bonds is 4. The van der Waals surface area contributed by atoms with Crippen LogP contribution in [0.4, 0.5) is 0 Å². The van der Waals surface area contributed by atoms with Crippen LogP contribution in [0.1, 0.15) is 37.8 Å². The van der Waals surface area contributed by atoms with Gasteiger partial charge in [0.1, 0.15) is 6.04 Å². The van der Waals surface area contributed by atoms with Crippen LogP contribution in [0.3, 0.4) is 0 Å². The third kappa shape index (κ3) is 3.43. The molecule has 4 nitrogen and oxygen atoms in total. The molecular formula is C17H20N2O2. The zero-order valence-corrected chi connectivity index (χ0v) is 12.2. The molecule has 0 spiro atoms. The normalized spacial score (nSPS) is 20.4. The highest BCUT2D eigenvalue weighted by atomic mass is 16.2. The number of carbonyl (C=O) groups is 2. The lowest BCUT2D eigenvalue weighted by atomic mass is 10.0. The number of hydrogen-bond donors (Lipinski definition) is 1. The predicted molar refractivity (Wildman–Crippen MR) is 81.2 cm³/mol. The van der Waals surface area contributed by atoms with Crippen LogP contribution in [0.25, 0.3) is 0 Å².